The van der Waals surface area contributed by atoms with Gasteiger partial charge in [-0.2, -0.15) is 5.10 Å². The predicted octanol–water partition coefficient (Wildman–Crippen LogP) is 4.41. The number of hydrogen-bond donors (Lipinski definition) is 1. The lowest BCUT2D eigenvalue weighted by Crippen LogP contribution is -2.21. The van der Waals surface area contributed by atoms with E-state index in [2.05, 4.69) is 10.4 Å². The van der Waals surface area contributed by atoms with Crippen LogP contribution in [-0.2, 0) is 11.3 Å². The quantitative estimate of drug-likeness (QED) is 0.521. The highest BCUT2D eigenvalue weighted by atomic mass is 32.2. The van der Waals surface area contributed by atoms with Gasteiger partial charge >= 0.3 is 0 Å². The van der Waals surface area contributed by atoms with Gasteiger partial charge < -0.3 is 5.32 Å². The van der Waals surface area contributed by atoms with Gasteiger partial charge in [0.1, 0.15) is 0 Å². The number of aromatic nitrogens is 2. The van der Waals surface area contributed by atoms with E-state index in [0.29, 0.717) is 6.54 Å². The van der Waals surface area contributed by atoms with Gasteiger partial charge in [-0.25, -0.2) is 4.68 Å². The van der Waals surface area contributed by atoms with Gasteiger partial charge in [0.15, 0.2) is 0 Å². The number of thioether (sulfide) groups is 1. The Hall–Kier alpha value is -2.79. The maximum absolute atomic E-state index is 12.1. The first-order valence-corrected chi connectivity index (χ1v) is 9.29. The molecule has 0 saturated carbocycles. The minimum atomic E-state index is -0.111. The highest BCUT2D eigenvalue weighted by molar-refractivity contribution is 8.02. The summed E-state index contributed by atoms with van der Waals surface area (Å²) in [6.45, 7) is 4.45. The van der Waals surface area contributed by atoms with Crippen molar-refractivity contribution in [3.05, 3.63) is 89.1 Å². The van der Waals surface area contributed by atoms with E-state index in [-0.39, 0.29) is 5.91 Å². The molecule has 1 amide bonds. The largest absolute Gasteiger partial charge is 0.348 e. The van der Waals surface area contributed by atoms with Gasteiger partial charge in [0, 0.05) is 28.8 Å². The molecule has 0 saturated heterocycles. The summed E-state index contributed by atoms with van der Waals surface area (Å²) in [4.78, 5) is 13.2. The van der Waals surface area contributed by atoms with Gasteiger partial charge in [-0.15, -0.1) is 0 Å². The van der Waals surface area contributed by atoms with E-state index in [1.165, 1.54) is 11.8 Å². The van der Waals surface area contributed by atoms with Crippen LogP contribution in [0.15, 0.2) is 77.0 Å². The molecule has 3 rings (SSSR count). The highest BCUT2D eigenvalue weighted by Crippen LogP contribution is 2.19. The molecule has 0 bridgehead atoms. The summed E-state index contributed by atoms with van der Waals surface area (Å²) in [6, 6.07) is 20.0. The minimum Gasteiger partial charge on any atom is -0.348 e. The van der Waals surface area contributed by atoms with Crippen LogP contribution in [0.1, 0.15) is 17.0 Å². The maximum Gasteiger partial charge on any atom is 0.244 e. The zero-order valence-corrected chi connectivity index (χ0v) is 15.7. The van der Waals surface area contributed by atoms with E-state index in [9.17, 15) is 4.79 Å². The molecule has 0 aliphatic rings. The average molecular weight is 363 g/mol. The first-order chi connectivity index (χ1) is 12.6. The topological polar surface area (TPSA) is 46.9 Å². The summed E-state index contributed by atoms with van der Waals surface area (Å²) in [6.07, 6.45) is 1.56. The van der Waals surface area contributed by atoms with Crippen LogP contribution in [0.2, 0.25) is 0 Å². The van der Waals surface area contributed by atoms with E-state index < -0.39 is 0 Å². The van der Waals surface area contributed by atoms with E-state index in [1.807, 2.05) is 79.2 Å². The molecule has 2 aromatic carbocycles. The summed E-state index contributed by atoms with van der Waals surface area (Å²) < 4.78 is 1.91. The third-order valence-corrected chi connectivity index (χ3v) is 4.86. The van der Waals surface area contributed by atoms with Crippen LogP contribution < -0.4 is 5.32 Å². The first kappa shape index (κ1) is 18.0. The molecule has 0 spiro atoms. The fourth-order valence-electron chi connectivity index (χ4n) is 2.66. The van der Waals surface area contributed by atoms with Crippen LogP contribution in [0.4, 0.5) is 0 Å². The predicted molar refractivity (Wildman–Crippen MR) is 106 cm³/mol. The van der Waals surface area contributed by atoms with Gasteiger partial charge in [-0.1, -0.05) is 48.2 Å². The summed E-state index contributed by atoms with van der Waals surface area (Å²) in [5.74, 6) is -0.111. The molecule has 4 nitrogen and oxygen atoms in total. The molecular formula is C21H21N3OS. The number of aryl methyl sites for hydroxylation is 1. The second-order valence-electron chi connectivity index (χ2n) is 5.85. The lowest BCUT2D eigenvalue weighted by molar-refractivity contribution is -0.116. The zero-order valence-electron chi connectivity index (χ0n) is 14.8. The van der Waals surface area contributed by atoms with Crippen LogP contribution in [0.25, 0.3) is 5.69 Å². The number of benzene rings is 2. The van der Waals surface area contributed by atoms with Crippen molar-refractivity contribution in [3.63, 3.8) is 0 Å². The smallest absolute Gasteiger partial charge is 0.244 e. The van der Waals surface area contributed by atoms with Crippen molar-refractivity contribution in [1.82, 2.24) is 15.1 Å². The summed E-state index contributed by atoms with van der Waals surface area (Å²) >= 11 is 1.52. The minimum absolute atomic E-state index is 0.111. The van der Waals surface area contributed by atoms with Crippen molar-refractivity contribution in [2.24, 2.45) is 0 Å². The van der Waals surface area contributed by atoms with Crippen molar-refractivity contribution >= 4 is 17.7 Å². The number of nitrogens with one attached hydrogen (secondary N) is 1. The molecule has 1 heterocycles. The molecule has 0 radical (unpaired) electrons. The number of para-hydroxylation sites is 1. The number of carbonyl (C=O) groups excluding carboxylic acids is 1. The van der Waals surface area contributed by atoms with Crippen molar-refractivity contribution in [2.75, 3.05) is 0 Å². The molecular weight excluding hydrogens is 342 g/mol. The van der Waals surface area contributed by atoms with Gasteiger partial charge in [-0.3, -0.25) is 4.79 Å². The van der Waals surface area contributed by atoms with Crippen molar-refractivity contribution in [2.45, 2.75) is 25.3 Å². The van der Waals surface area contributed by atoms with Crippen LogP contribution >= 0.6 is 11.8 Å². The lowest BCUT2D eigenvalue weighted by atomic mass is 10.2. The molecule has 0 atom stereocenters. The molecule has 0 aliphatic heterocycles. The van der Waals surface area contributed by atoms with E-state index in [1.54, 1.807) is 11.5 Å². The van der Waals surface area contributed by atoms with Crippen LogP contribution in [0.3, 0.4) is 0 Å². The molecule has 132 valence electrons. The lowest BCUT2D eigenvalue weighted by Gasteiger charge is -2.06. The molecule has 5 heteroatoms. The Bertz CT molecular complexity index is 902. The fourth-order valence-corrected chi connectivity index (χ4v) is 3.32. The molecule has 3 aromatic rings. The van der Waals surface area contributed by atoms with E-state index in [0.717, 1.165) is 27.5 Å². The first-order valence-electron chi connectivity index (χ1n) is 8.42. The second kappa shape index (κ2) is 8.54. The Morgan fingerprint density at radius 2 is 1.73 bits per heavy atom. The Kier molecular flexibility index (Phi) is 5.92. The third kappa shape index (κ3) is 4.43. The number of nitrogens with zero attached hydrogens (tertiary/aromatic N) is 2. The van der Waals surface area contributed by atoms with Gasteiger partial charge in [0.2, 0.25) is 5.91 Å². The van der Waals surface area contributed by atoms with Crippen molar-refractivity contribution < 1.29 is 4.79 Å². The number of rotatable bonds is 6. The summed E-state index contributed by atoms with van der Waals surface area (Å²) in [7, 11) is 0. The number of hydrogen-bond acceptors (Lipinski definition) is 3. The molecule has 0 aliphatic carbocycles. The van der Waals surface area contributed by atoms with Gasteiger partial charge in [-0.05, 0) is 43.5 Å². The van der Waals surface area contributed by atoms with Gasteiger partial charge in [0.05, 0.1) is 11.4 Å². The normalized spacial score (nSPS) is 11.0. The molecule has 26 heavy (non-hydrogen) atoms. The van der Waals surface area contributed by atoms with Crippen LogP contribution in [0, 0.1) is 13.8 Å². The summed E-state index contributed by atoms with van der Waals surface area (Å²) in [5.41, 5.74) is 4.03. The van der Waals surface area contributed by atoms with E-state index in [4.69, 9.17) is 0 Å². The highest BCUT2D eigenvalue weighted by Gasteiger charge is 2.12. The Balaban J connectivity index is 1.61. The Labute approximate surface area is 157 Å². The zero-order chi connectivity index (χ0) is 18.4. The average Bonchev–Trinajstić information content (AvgIpc) is 2.95. The van der Waals surface area contributed by atoms with E-state index >= 15 is 0 Å². The second-order valence-corrected chi connectivity index (χ2v) is 6.83. The molecule has 0 fully saturated rings. The number of carbonyl (C=O) groups is 1. The molecule has 0 unspecified atom stereocenters. The Morgan fingerprint density at radius 1 is 1.08 bits per heavy atom. The monoisotopic (exact) mass is 363 g/mol. The fraction of sp³-hybridized carbons (Fsp3) is 0.143. The molecule has 1 N–H and O–H groups in total. The van der Waals surface area contributed by atoms with Gasteiger partial charge in [0.25, 0.3) is 0 Å². The van der Waals surface area contributed by atoms with Crippen molar-refractivity contribution in [1.29, 1.82) is 0 Å². The number of amides is 1. The van der Waals surface area contributed by atoms with Crippen molar-refractivity contribution in [3.8, 4) is 5.69 Å². The molecule has 1 aromatic heterocycles. The SMILES string of the molecule is Cc1nn(-c2ccccc2)c(C)c1CNC(=O)/C=C/Sc1ccccc1. The third-order valence-electron chi connectivity index (χ3n) is 4.05. The van der Waals surface area contributed by atoms with Crippen LogP contribution in [0.5, 0.6) is 0 Å². The maximum atomic E-state index is 12.1. The van der Waals surface area contributed by atoms with Crippen LogP contribution in [-0.4, -0.2) is 15.7 Å². The Morgan fingerprint density at radius 3 is 2.42 bits per heavy atom. The summed E-state index contributed by atoms with van der Waals surface area (Å²) in [5, 5.41) is 9.35. The standard InChI is InChI=1S/C21H21N3OS/c1-16-20(17(2)24(23-16)18-9-5-3-6-10-18)15-22-21(25)13-14-26-19-11-7-4-8-12-19/h3-14H,15H2,1-2H3,(H,22,25)/b14-13+.